The van der Waals surface area contributed by atoms with Crippen LogP contribution in [-0.2, 0) is 9.47 Å². The van der Waals surface area contributed by atoms with Crippen molar-refractivity contribution in [2.45, 2.75) is 18.4 Å². The van der Waals surface area contributed by atoms with Crippen molar-refractivity contribution < 1.29 is 14.6 Å². The fraction of sp³-hybridized carbons (Fsp3) is 0.636. The lowest BCUT2D eigenvalue weighted by atomic mass is 10.1. The number of hydrogen-bond donors (Lipinski definition) is 1. The van der Waals surface area contributed by atoms with E-state index in [0.717, 1.165) is 56.0 Å². The van der Waals surface area contributed by atoms with Crippen LogP contribution in [0.3, 0.4) is 0 Å². The van der Waals surface area contributed by atoms with Crippen LogP contribution >= 0.6 is 0 Å². The minimum absolute atomic E-state index is 0.344. The Bertz CT molecular complexity index is 857. The van der Waals surface area contributed by atoms with Crippen LogP contribution in [0.2, 0.25) is 0 Å². The van der Waals surface area contributed by atoms with E-state index in [9.17, 15) is 5.11 Å². The number of aromatic nitrogens is 2. The van der Waals surface area contributed by atoms with Gasteiger partial charge in [0.05, 0.1) is 31.9 Å². The second-order valence-corrected chi connectivity index (χ2v) is 8.69. The number of anilines is 2. The van der Waals surface area contributed by atoms with E-state index in [-0.39, 0.29) is 0 Å². The summed E-state index contributed by atoms with van der Waals surface area (Å²) in [5.41, 5.74) is 1.31. The van der Waals surface area contributed by atoms with Crippen LogP contribution in [0.1, 0.15) is 12.8 Å². The van der Waals surface area contributed by atoms with E-state index in [2.05, 4.69) is 42.9 Å². The lowest BCUT2D eigenvalue weighted by molar-refractivity contribution is -0.0746. The second kappa shape index (κ2) is 8.63. The molecular weight excluding hydrogens is 382 g/mol. The molecule has 4 heterocycles. The quantitative estimate of drug-likeness (QED) is 0.800. The number of aliphatic hydroxyl groups is 1. The van der Waals surface area contributed by atoms with E-state index in [4.69, 9.17) is 9.47 Å². The first kappa shape index (κ1) is 19.9. The first-order valence-corrected chi connectivity index (χ1v) is 11.1. The van der Waals surface area contributed by atoms with Gasteiger partial charge in [0.25, 0.3) is 0 Å². The Morgan fingerprint density at radius 1 is 0.900 bits per heavy atom. The summed E-state index contributed by atoms with van der Waals surface area (Å²) < 4.78 is 11.0. The highest BCUT2D eigenvalue weighted by molar-refractivity contribution is 5.92. The zero-order chi connectivity index (χ0) is 20.4. The van der Waals surface area contributed by atoms with E-state index in [0.29, 0.717) is 33.0 Å². The highest BCUT2D eigenvalue weighted by atomic mass is 16.6. The summed E-state index contributed by atoms with van der Waals surface area (Å²) in [7, 11) is 0. The molecule has 0 saturated carbocycles. The van der Waals surface area contributed by atoms with Crippen LogP contribution in [0.5, 0.6) is 0 Å². The molecule has 162 valence electrons. The minimum Gasteiger partial charge on any atom is -0.384 e. The van der Waals surface area contributed by atoms with Gasteiger partial charge >= 0.3 is 0 Å². The molecule has 3 aliphatic rings. The number of hydrogen-bond acceptors (Lipinski definition) is 8. The Hall–Kier alpha value is -2.00. The number of nitrogens with zero attached hydrogens (tertiary/aromatic N) is 5. The van der Waals surface area contributed by atoms with E-state index < -0.39 is 5.60 Å². The van der Waals surface area contributed by atoms with Gasteiger partial charge in [-0.15, -0.1) is 0 Å². The lowest BCUT2D eigenvalue weighted by Crippen LogP contribution is -2.54. The van der Waals surface area contributed by atoms with Gasteiger partial charge in [0.2, 0.25) is 0 Å². The summed E-state index contributed by atoms with van der Waals surface area (Å²) in [6.07, 6.45) is 4.14. The van der Waals surface area contributed by atoms with Crippen LogP contribution in [0.15, 0.2) is 24.5 Å². The number of ether oxygens (including phenoxy) is 2. The van der Waals surface area contributed by atoms with Gasteiger partial charge in [-0.1, -0.05) is 0 Å². The Kier molecular flexibility index (Phi) is 5.73. The van der Waals surface area contributed by atoms with E-state index in [1.165, 1.54) is 18.5 Å². The first-order chi connectivity index (χ1) is 14.7. The van der Waals surface area contributed by atoms with Crippen LogP contribution in [0.4, 0.5) is 11.5 Å². The molecule has 5 rings (SSSR count). The predicted molar refractivity (Wildman–Crippen MR) is 116 cm³/mol. The monoisotopic (exact) mass is 413 g/mol. The number of fused-ring (bicyclic) bond motifs is 1. The molecule has 1 aromatic carbocycles. The summed E-state index contributed by atoms with van der Waals surface area (Å²) in [6, 6.07) is 6.53. The molecule has 30 heavy (non-hydrogen) atoms. The van der Waals surface area contributed by atoms with Crippen LogP contribution in [-0.4, -0.2) is 97.8 Å². The van der Waals surface area contributed by atoms with E-state index in [1.807, 2.05) is 0 Å². The summed E-state index contributed by atoms with van der Waals surface area (Å²) >= 11 is 0. The standard InChI is InChI=1S/C22H31N5O3/c28-22(15-29-11-12-30-16-22)14-25-7-9-26(10-8-25)18-3-4-20-19(13-18)21(24-17-23-20)27-5-1-2-6-27/h3-4,13,17,28H,1-2,5-12,14-16H2. The maximum absolute atomic E-state index is 10.8. The number of rotatable bonds is 4. The number of piperazine rings is 1. The van der Waals surface area contributed by atoms with Crippen molar-refractivity contribution in [3.8, 4) is 0 Å². The highest BCUT2D eigenvalue weighted by Crippen LogP contribution is 2.30. The second-order valence-electron chi connectivity index (χ2n) is 8.69. The normalized spacial score (nSPS) is 23.1. The largest absolute Gasteiger partial charge is 0.384 e. The smallest absolute Gasteiger partial charge is 0.139 e. The minimum atomic E-state index is -0.913. The van der Waals surface area contributed by atoms with Crippen molar-refractivity contribution in [2.75, 3.05) is 82.0 Å². The number of β-amino-alcohol motifs (C(OH)–C–C–N with tert-alkyl or cyclic N) is 1. The topological polar surface area (TPSA) is 74.2 Å². The third kappa shape index (κ3) is 4.23. The van der Waals surface area contributed by atoms with Crippen LogP contribution in [0.25, 0.3) is 10.9 Å². The SMILES string of the molecule is OC1(CN2CCN(c3ccc4ncnc(N5CCCC5)c4c3)CC2)COCCOC1. The van der Waals surface area contributed by atoms with Gasteiger partial charge in [-0.25, -0.2) is 9.97 Å². The summed E-state index contributed by atoms with van der Waals surface area (Å²) in [5.74, 6) is 1.06. The zero-order valence-electron chi connectivity index (χ0n) is 17.5. The maximum Gasteiger partial charge on any atom is 0.139 e. The van der Waals surface area contributed by atoms with Gasteiger partial charge in [-0.2, -0.15) is 0 Å². The summed E-state index contributed by atoms with van der Waals surface area (Å²) in [6.45, 7) is 8.21. The third-order valence-corrected chi connectivity index (χ3v) is 6.37. The molecule has 0 amide bonds. The molecule has 3 fully saturated rings. The summed E-state index contributed by atoms with van der Waals surface area (Å²) in [4.78, 5) is 16.2. The third-order valence-electron chi connectivity index (χ3n) is 6.37. The molecule has 0 aliphatic carbocycles. The van der Waals surface area contributed by atoms with Crippen molar-refractivity contribution in [1.29, 1.82) is 0 Å². The molecule has 3 saturated heterocycles. The Morgan fingerprint density at radius 3 is 2.37 bits per heavy atom. The molecule has 1 aromatic heterocycles. The molecule has 8 heteroatoms. The van der Waals surface area contributed by atoms with Gasteiger partial charge in [0, 0.05) is 56.9 Å². The molecule has 0 radical (unpaired) electrons. The van der Waals surface area contributed by atoms with Crippen LogP contribution in [0, 0.1) is 0 Å². The summed E-state index contributed by atoms with van der Waals surface area (Å²) in [5, 5.41) is 12.0. The molecule has 8 nitrogen and oxygen atoms in total. The Morgan fingerprint density at radius 2 is 1.63 bits per heavy atom. The zero-order valence-corrected chi connectivity index (χ0v) is 17.5. The van der Waals surface area contributed by atoms with Crippen molar-refractivity contribution in [3.63, 3.8) is 0 Å². The Balaban J connectivity index is 1.27. The van der Waals surface area contributed by atoms with Gasteiger partial charge in [0.15, 0.2) is 0 Å². The molecule has 3 aliphatic heterocycles. The molecule has 0 bridgehead atoms. The molecule has 0 spiro atoms. The van der Waals surface area contributed by atoms with Gasteiger partial charge in [-0.05, 0) is 31.0 Å². The average molecular weight is 414 g/mol. The van der Waals surface area contributed by atoms with Crippen molar-refractivity contribution in [2.24, 2.45) is 0 Å². The van der Waals surface area contributed by atoms with E-state index >= 15 is 0 Å². The fourth-order valence-corrected chi connectivity index (χ4v) is 4.76. The molecule has 1 N–H and O–H groups in total. The fourth-order valence-electron chi connectivity index (χ4n) is 4.76. The van der Waals surface area contributed by atoms with Gasteiger partial charge < -0.3 is 24.4 Å². The molecular formula is C22H31N5O3. The maximum atomic E-state index is 10.8. The number of benzene rings is 1. The lowest BCUT2D eigenvalue weighted by Gasteiger charge is -2.39. The molecule has 0 atom stereocenters. The van der Waals surface area contributed by atoms with Crippen molar-refractivity contribution >= 4 is 22.4 Å². The van der Waals surface area contributed by atoms with Crippen LogP contribution < -0.4 is 9.80 Å². The average Bonchev–Trinajstić information content (AvgIpc) is 3.22. The van der Waals surface area contributed by atoms with Crippen molar-refractivity contribution in [1.82, 2.24) is 14.9 Å². The van der Waals surface area contributed by atoms with Gasteiger partial charge in [0.1, 0.15) is 17.7 Å². The van der Waals surface area contributed by atoms with Gasteiger partial charge in [-0.3, -0.25) is 4.90 Å². The molecule has 2 aromatic rings. The Labute approximate surface area is 177 Å². The van der Waals surface area contributed by atoms with E-state index in [1.54, 1.807) is 6.33 Å². The predicted octanol–water partition coefficient (Wildman–Crippen LogP) is 1.13. The molecule has 0 unspecified atom stereocenters. The van der Waals surface area contributed by atoms with Crippen molar-refractivity contribution in [3.05, 3.63) is 24.5 Å². The first-order valence-electron chi connectivity index (χ1n) is 11.1. The highest BCUT2D eigenvalue weighted by Gasteiger charge is 2.33.